The van der Waals surface area contributed by atoms with Crippen LogP contribution in [0.2, 0.25) is 0 Å². The number of rotatable bonds is 7. The molecule has 0 spiro atoms. The van der Waals surface area contributed by atoms with Crippen molar-refractivity contribution in [3.05, 3.63) is 36.0 Å². The predicted molar refractivity (Wildman–Crippen MR) is 95.5 cm³/mol. The Hall–Kier alpha value is -2.37. The second-order valence-corrected chi connectivity index (χ2v) is 6.17. The van der Waals surface area contributed by atoms with Crippen molar-refractivity contribution in [2.45, 2.75) is 44.6 Å². The van der Waals surface area contributed by atoms with Gasteiger partial charge in [0.15, 0.2) is 5.82 Å². The van der Waals surface area contributed by atoms with Crippen molar-refractivity contribution in [1.29, 1.82) is 0 Å². The van der Waals surface area contributed by atoms with Gasteiger partial charge in [0.25, 0.3) is 0 Å². The lowest BCUT2D eigenvalue weighted by atomic mass is 9.96. The van der Waals surface area contributed by atoms with Gasteiger partial charge < -0.3 is 15.4 Å². The molecule has 1 aromatic heterocycles. The Morgan fingerprint density at radius 3 is 2.67 bits per heavy atom. The lowest BCUT2D eigenvalue weighted by molar-refractivity contribution is 0.414. The molecule has 6 heteroatoms. The zero-order chi connectivity index (χ0) is 16.6. The Morgan fingerprint density at radius 2 is 1.92 bits per heavy atom. The van der Waals surface area contributed by atoms with E-state index in [2.05, 4.69) is 37.9 Å². The first-order chi connectivity index (χ1) is 11.8. The van der Waals surface area contributed by atoms with Crippen LogP contribution in [0.3, 0.4) is 0 Å². The monoisotopic (exact) mass is 327 g/mol. The van der Waals surface area contributed by atoms with E-state index >= 15 is 0 Å². The van der Waals surface area contributed by atoms with E-state index in [1.54, 1.807) is 13.3 Å². The van der Waals surface area contributed by atoms with E-state index in [4.69, 9.17) is 4.74 Å². The van der Waals surface area contributed by atoms with Crippen LogP contribution < -0.4 is 15.4 Å². The molecule has 3 rings (SSSR count). The standard InChI is InChI=1S/C18H25N5O/c1-24-16-9-7-14(8-10-16)11-12-19-18-22-17(13-20-23-18)21-15-5-3-2-4-6-15/h7-10,13,15H,2-6,11-12H2,1H3,(H2,19,21,22,23). The summed E-state index contributed by atoms with van der Waals surface area (Å²) in [4.78, 5) is 4.51. The van der Waals surface area contributed by atoms with Gasteiger partial charge in [0.05, 0.1) is 13.3 Å². The Bertz CT molecular complexity index is 626. The molecule has 0 saturated heterocycles. The van der Waals surface area contributed by atoms with Crippen molar-refractivity contribution in [3.63, 3.8) is 0 Å². The van der Waals surface area contributed by atoms with Crippen molar-refractivity contribution in [2.24, 2.45) is 0 Å². The second kappa shape index (κ2) is 8.47. The third-order valence-electron chi connectivity index (χ3n) is 4.37. The molecule has 1 saturated carbocycles. The Labute approximate surface area is 143 Å². The highest BCUT2D eigenvalue weighted by Gasteiger charge is 2.13. The minimum atomic E-state index is 0.516. The number of anilines is 2. The lowest BCUT2D eigenvalue weighted by Crippen LogP contribution is -2.23. The third-order valence-corrected chi connectivity index (χ3v) is 4.37. The maximum atomic E-state index is 5.17. The van der Waals surface area contributed by atoms with Gasteiger partial charge in [0, 0.05) is 12.6 Å². The van der Waals surface area contributed by atoms with Gasteiger partial charge in [-0.2, -0.15) is 10.1 Å². The van der Waals surface area contributed by atoms with Crippen LogP contribution in [-0.4, -0.2) is 34.9 Å². The van der Waals surface area contributed by atoms with Gasteiger partial charge in [-0.3, -0.25) is 0 Å². The fourth-order valence-electron chi connectivity index (χ4n) is 3.01. The van der Waals surface area contributed by atoms with Crippen molar-refractivity contribution in [1.82, 2.24) is 15.2 Å². The highest BCUT2D eigenvalue weighted by Crippen LogP contribution is 2.20. The van der Waals surface area contributed by atoms with Gasteiger partial charge in [-0.05, 0) is 37.0 Å². The van der Waals surface area contributed by atoms with Gasteiger partial charge in [-0.1, -0.05) is 31.4 Å². The van der Waals surface area contributed by atoms with Crippen LogP contribution in [0.25, 0.3) is 0 Å². The van der Waals surface area contributed by atoms with Gasteiger partial charge in [-0.25, -0.2) is 0 Å². The molecule has 24 heavy (non-hydrogen) atoms. The normalized spacial score (nSPS) is 15.0. The number of methoxy groups -OCH3 is 1. The van der Waals surface area contributed by atoms with Gasteiger partial charge in [-0.15, -0.1) is 5.10 Å². The van der Waals surface area contributed by atoms with Crippen LogP contribution in [-0.2, 0) is 6.42 Å². The summed E-state index contributed by atoms with van der Waals surface area (Å²) in [6.07, 6.45) is 8.95. The minimum absolute atomic E-state index is 0.516. The molecule has 6 nitrogen and oxygen atoms in total. The summed E-state index contributed by atoms with van der Waals surface area (Å²) in [5.41, 5.74) is 1.24. The largest absolute Gasteiger partial charge is 0.497 e. The van der Waals surface area contributed by atoms with Gasteiger partial charge >= 0.3 is 0 Å². The molecule has 0 unspecified atom stereocenters. The van der Waals surface area contributed by atoms with Crippen molar-refractivity contribution in [2.75, 3.05) is 24.3 Å². The smallest absolute Gasteiger partial charge is 0.244 e. The average molecular weight is 327 g/mol. The van der Waals surface area contributed by atoms with Crippen LogP contribution in [0, 0.1) is 0 Å². The Morgan fingerprint density at radius 1 is 1.12 bits per heavy atom. The summed E-state index contributed by atoms with van der Waals surface area (Å²) in [7, 11) is 1.68. The molecule has 1 aliphatic carbocycles. The van der Waals surface area contributed by atoms with Crippen LogP contribution in [0.15, 0.2) is 30.5 Å². The molecule has 0 atom stereocenters. The summed E-state index contributed by atoms with van der Waals surface area (Å²) in [5, 5.41) is 14.8. The summed E-state index contributed by atoms with van der Waals surface area (Å²) in [6, 6.07) is 8.61. The van der Waals surface area contributed by atoms with Crippen molar-refractivity contribution in [3.8, 4) is 5.75 Å². The fraction of sp³-hybridized carbons (Fsp3) is 0.500. The molecule has 1 heterocycles. The first kappa shape index (κ1) is 16.5. The fourth-order valence-corrected chi connectivity index (χ4v) is 3.01. The van der Waals surface area contributed by atoms with Crippen LogP contribution >= 0.6 is 0 Å². The topological polar surface area (TPSA) is 72.0 Å². The molecular formula is C18H25N5O. The van der Waals surface area contributed by atoms with Crippen LogP contribution in [0.1, 0.15) is 37.7 Å². The van der Waals surface area contributed by atoms with E-state index in [9.17, 15) is 0 Å². The molecule has 0 radical (unpaired) electrons. The number of ether oxygens (including phenoxy) is 1. The van der Waals surface area contributed by atoms with Crippen molar-refractivity contribution >= 4 is 11.8 Å². The van der Waals surface area contributed by atoms with Crippen LogP contribution in [0.4, 0.5) is 11.8 Å². The first-order valence-corrected chi connectivity index (χ1v) is 8.66. The van der Waals surface area contributed by atoms with Gasteiger partial charge in [0.1, 0.15) is 5.75 Å². The van der Waals surface area contributed by atoms with Crippen molar-refractivity contribution < 1.29 is 4.74 Å². The number of aromatic nitrogens is 3. The number of hydrogen-bond acceptors (Lipinski definition) is 6. The maximum absolute atomic E-state index is 5.17. The molecule has 0 amide bonds. The molecule has 2 N–H and O–H groups in total. The minimum Gasteiger partial charge on any atom is -0.497 e. The molecule has 1 aromatic carbocycles. The quantitative estimate of drug-likeness (QED) is 0.813. The predicted octanol–water partition coefficient (Wildman–Crippen LogP) is 3.28. The number of hydrogen-bond donors (Lipinski definition) is 2. The highest BCUT2D eigenvalue weighted by atomic mass is 16.5. The van der Waals surface area contributed by atoms with Crippen LogP contribution in [0.5, 0.6) is 5.75 Å². The van der Waals surface area contributed by atoms with E-state index in [1.165, 1.54) is 37.7 Å². The summed E-state index contributed by atoms with van der Waals surface area (Å²) in [5.74, 6) is 2.26. The Balaban J connectivity index is 1.48. The number of benzene rings is 1. The van der Waals surface area contributed by atoms with E-state index in [0.29, 0.717) is 12.0 Å². The van der Waals surface area contributed by atoms with E-state index in [-0.39, 0.29) is 0 Å². The second-order valence-electron chi connectivity index (χ2n) is 6.17. The highest BCUT2D eigenvalue weighted by molar-refractivity contribution is 5.38. The third kappa shape index (κ3) is 4.81. The molecule has 0 aliphatic heterocycles. The zero-order valence-electron chi connectivity index (χ0n) is 14.2. The molecule has 1 fully saturated rings. The summed E-state index contributed by atoms with van der Waals surface area (Å²) < 4.78 is 5.17. The van der Waals surface area contributed by atoms with E-state index in [0.717, 1.165) is 24.5 Å². The summed E-state index contributed by atoms with van der Waals surface area (Å²) >= 11 is 0. The molecular weight excluding hydrogens is 302 g/mol. The first-order valence-electron chi connectivity index (χ1n) is 8.66. The molecule has 1 aliphatic rings. The van der Waals surface area contributed by atoms with E-state index in [1.807, 2.05) is 12.1 Å². The summed E-state index contributed by atoms with van der Waals surface area (Å²) in [6.45, 7) is 0.765. The zero-order valence-corrected chi connectivity index (χ0v) is 14.2. The van der Waals surface area contributed by atoms with Gasteiger partial charge in [0.2, 0.25) is 5.95 Å². The molecule has 128 valence electrons. The molecule has 0 bridgehead atoms. The van der Waals surface area contributed by atoms with E-state index < -0.39 is 0 Å². The maximum Gasteiger partial charge on any atom is 0.244 e. The SMILES string of the molecule is COc1ccc(CCNc2nncc(NC3CCCCC3)n2)cc1. The number of nitrogens with one attached hydrogen (secondary N) is 2. The number of nitrogens with zero attached hydrogens (tertiary/aromatic N) is 3. The lowest BCUT2D eigenvalue weighted by Gasteiger charge is -2.23. The average Bonchev–Trinajstić information content (AvgIpc) is 2.63. The molecule has 2 aromatic rings. The Kier molecular flexibility index (Phi) is 5.82.